The Balaban J connectivity index is 1.76. The van der Waals surface area contributed by atoms with Crippen LogP contribution in [0.2, 0.25) is 0 Å². The molecule has 110 valence electrons. The van der Waals surface area contributed by atoms with Gasteiger partial charge in [-0.05, 0) is 24.6 Å². The van der Waals surface area contributed by atoms with Gasteiger partial charge in [0, 0.05) is 32.2 Å². The largest absolute Gasteiger partial charge is 0.497 e. The van der Waals surface area contributed by atoms with Crippen LogP contribution in [-0.4, -0.2) is 50.1 Å². The van der Waals surface area contributed by atoms with Gasteiger partial charge in [0.15, 0.2) is 0 Å². The second-order valence-electron chi connectivity index (χ2n) is 5.22. The van der Waals surface area contributed by atoms with E-state index in [2.05, 4.69) is 22.5 Å². The first-order chi connectivity index (χ1) is 9.67. The quantitative estimate of drug-likeness (QED) is 0.828. The van der Waals surface area contributed by atoms with Crippen LogP contribution in [0.1, 0.15) is 12.5 Å². The van der Waals surface area contributed by atoms with Crippen molar-refractivity contribution in [3.8, 4) is 5.75 Å². The molecule has 2 N–H and O–H groups in total. The Morgan fingerprint density at radius 1 is 1.55 bits per heavy atom. The zero-order valence-corrected chi connectivity index (χ0v) is 12.2. The number of nitrogens with zero attached hydrogens (tertiary/aromatic N) is 1. The summed E-state index contributed by atoms with van der Waals surface area (Å²) in [6.45, 7) is 5.95. The van der Waals surface area contributed by atoms with Gasteiger partial charge in [-0.3, -0.25) is 9.69 Å². The van der Waals surface area contributed by atoms with Gasteiger partial charge in [0.1, 0.15) is 5.75 Å². The van der Waals surface area contributed by atoms with Crippen LogP contribution in [0.5, 0.6) is 5.75 Å². The molecule has 1 heterocycles. The molecule has 20 heavy (non-hydrogen) atoms. The number of hydrogen-bond acceptors (Lipinski definition) is 4. The molecule has 0 spiro atoms. The number of piperazine rings is 1. The van der Waals surface area contributed by atoms with Gasteiger partial charge in [0.05, 0.1) is 13.7 Å². The van der Waals surface area contributed by atoms with Crippen molar-refractivity contribution in [3.05, 3.63) is 29.8 Å². The summed E-state index contributed by atoms with van der Waals surface area (Å²) in [7, 11) is 1.64. The first kappa shape index (κ1) is 14.8. The Hall–Kier alpha value is -1.59. The third kappa shape index (κ3) is 4.51. The molecule has 1 atom stereocenters. The van der Waals surface area contributed by atoms with Crippen molar-refractivity contribution in [1.82, 2.24) is 15.5 Å². The molecule has 0 saturated carbocycles. The van der Waals surface area contributed by atoms with Crippen LogP contribution in [0.25, 0.3) is 0 Å². The minimum Gasteiger partial charge on any atom is -0.497 e. The SMILES string of the molecule is COc1cccc(CNC(=O)CN2CCN[C@H](C)C2)c1. The molecule has 1 aliphatic rings. The van der Waals surface area contributed by atoms with E-state index in [0.717, 1.165) is 30.9 Å². The third-order valence-corrected chi connectivity index (χ3v) is 3.44. The van der Waals surface area contributed by atoms with E-state index in [1.54, 1.807) is 7.11 Å². The van der Waals surface area contributed by atoms with Gasteiger partial charge in [-0.25, -0.2) is 0 Å². The fourth-order valence-electron chi connectivity index (χ4n) is 2.40. The molecule has 1 aliphatic heterocycles. The number of carbonyl (C=O) groups excluding carboxylic acids is 1. The first-order valence-corrected chi connectivity index (χ1v) is 7.03. The molecular formula is C15H23N3O2. The Labute approximate surface area is 120 Å². The minimum absolute atomic E-state index is 0.0712. The Morgan fingerprint density at radius 2 is 2.40 bits per heavy atom. The zero-order chi connectivity index (χ0) is 14.4. The van der Waals surface area contributed by atoms with E-state index in [1.807, 2.05) is 24.3 Å². The number of nitrogens with one attached hydrogen (secondary N) is 2. The summed E-state index contributed by atoms with van der Waals surface area (Å²) >= 11 is 0. The van der Waals surface area contributed by atoms with Crippen molar-refractivity contribution < 1.29 is 9.53 Å². The second-order valence-corrected chi connectivity index (χ2v) is 5.22. The van der Waals surface area contributed by atoms with Crippen LogP contribution in [0.15, 0.2) is 24.3 Å². The molecular weight excluding hydrogens is 254 g/mol. The topological polar surface area (TPSA) is 53.6 Å². The van der Waals surface area contributed by atoms with Crippen molar-refractivity contribution in [2.45, 2.75) is 19.5 Å². The molecule has 1 saturated heterocycles. The molecule has 0 aromatic heterocycles. The van der Waals surface area contributed by atoms with E-state index in [9.17, 15) is 4.79 Å². The van der Waals surface area contributed by atoms with Crippen molar-refractivity contribution in [2.24, 2.45) is 0 Å². The number of methoxy groups -OCH3 is 1. The first-order valence-electron chi connectivity index (χ1n) is 7.03. The molecule has 0 aliphatic carbocycles. The summed E-state index contributed by atoms with van der Waals surface area (Å²) in [5.41, 5.74) is 1.05. The Morgan fingerprint density at radius 3 is 3.15 bits per heavy atom. The number of rotatable bonds is 5. The van der Waals surface area contributed by atoms with Crippen LogP contribution >= 0.6 is 0 Å². The smallest absolute Gasteiger partial charge is 0.234 e. The molecule has 1 aromatic rings. The normalized spacial score (nSPS) is 19.6. The average molecular weight is 277 g/mol. The predicted octanol–water partition coefficient (Wildman–Crippen LogP) is 0.605. The van der Waals surface area contributed by atoms with Gasteiger partial charge in [-0.2, -0.15) is 0 Å². The number of ether oxygens (including phenoxy) is 1. The highest BCUT2D eigenvalue weighted by molar-refractivity contribution is 5.78. The van der Waals surface area contributed by atoms with E-state index in [0.29, 0.717) is 19.1 Å². The maximum atomic E-state index is 11.9. The number of benzene rings is 1. The minimum atomic E-state index is 0.0712. The molecule has 0 bridgehead atoms. The summed E-state index contributed by atoms with van der Waals surface area (Å²) in [4.78, 5) is 14.1. The van der Waals surface area contributed by atoms with Gasteiger partial charge in [0.25, 0.3) is 0 Å². The fourth-order valence-corrected chi connectivity index (χ4v) is 2.40. The molecule has 5 nitrogen and oxygen atoms in total. The van der Waals surface area contributed by atoms with Gasteiger partial charge >= 0.3 is 0 Å². The molecule has 1 aromatic carbocycles. The summed E-state index contributed by atoms with van der Waals surface area (Å²) in [6.07, 6.45) is 0. The van der Waals surface area contributed by atoms with Crippen molar-refractivity contribution in [3.63, 3.8) is 0 Å². The molecule has 2 rings (SSSR count). The number of amides is 1. The van der Waals surface area contributed by atoms with Crippen LogP contribution in [-0.2, 0) is 11.3 Å². The Kier molecular flexibility index (Phi) is 5.38. The molecule has 5 heteroatoms. The van der Waals surface area contributed by atoms with E-state index in [4.69, 9.17) is 4.74 Å². The van der Waals surface area contributed by atoms with Crippen molar-refractivity contribution >= 4 is 5.91 Å². The summed E-state index contributed by atoms with van der Waals surface area (Å²) < 4.78 is 5.17. The summed E-state index contributed by atoms with van der Waals surface area (Å²) in [6, 6.07) is 8.20. The Bertz CT molecular complexity index is 450. The fraction of sp³-hybridized carbons (Fsp3) is 0.533. The molecule has 0 unspecified atom stereocenters. The third-order valence-electron chi connectivity index (χ3n) is 3.44. The predicted molar refractivity (Wildman–Crippen MR) is 78.7 cm³/mol. The van der Waals surface area contributed by atoms with Gasteiger partial charge in [-0.15, -0.1) is 0 Å². The molecule has 1 amide bonds. The maximum absolute atomic E-state index is 11.9. The highest BCUT2D eigenvalue weighted by atomic mass is 16.5. The summed E-state index contributed by atoms with van der Waals surface area (Å²) in [5, 5.41) is 6.32. The van der Waals surface area contributed by atoms with E-state index in [1.165, 1.54) is 0 Å². The highest BCUT2D eigenvalue weighted by Gasteiger charge is 2.17. The van der Waals surface area contributed by atoms with Crippen molar-refractivity contribution in [1.29, 1.82) is 0 Å². The molecule has 1 fully saturated rings. The second kappa shape index (κ2) is 7.26. The van der Waals surface area contributed by atoms with Crippen LogP contribution < -0.4 is 15.4 Å². The summed E-state index contributed by atoms with van der Waals surface area (Å²) in [5.74, 6) is 0.884. The van der Waals surface area contributed by atoms with Gasteiger partial charge in [-0.1, -0.05) is 12.1 Å². The van der Waals surface area contributed by atoms with Crippen LogP contribution in [0.3, 0.4) is 0 Å². The van der Waals surface area contributed by atoms with E-state index < -0.39 is 0 Å². The lowest BCUT2D eigenvalue weighted by molar-refractivity contribution is -0.122. The number of carbonyl (C=O) groups is 1. The average Bonchev–Trinajstić information content (AvgIpc) is 2.45. The lowest BCUT2D eigenvalue weighted by Gasteiger charge is -2.31. The van der Waals surface area contributed by atoms with Crippen LogP contribution in [0.4, 0.5) is 0 Å². The lowest BCUT2D eigenvalue weighted by atomic mass is 10.2. The highest BCUT2D eigenvalue weighted by Crippen LogP contribution is 2.12. The van der Waals surface area contributed by atoms with Gasteiger partial charge < -0.3 is 15.4 Å². The van der Waals surface area contributed by atoms with E-state index in [-0.39, 0.29) is 5.91 Å². The van der Waals surface area contributed by atoms with Crippen molar-refractivity contribution in [2.75, 3.05) is 33.3 Å². The van der Waals surface area contributed by atoms with E-state index >= 15 is 0 Å². The standard InChI is InChI=1S/C15H23N3O2/c1-12-10-18(7-6-16-12)11-15(19)17-9-13-4-3-5-14(8-13)20-2/h3-5,8,12,16H,6-7,9-11H2,1-2H3,(H,17,19)/t12-/m1/s1. The zero-order valence-electron chi connectivity index (χ0n) is 12.2. The number of hydrogen-bond donors (Lipinski definition) is 2. The lowest BCUT2D eigenvalue weighted by Crippen LogP contribution is -2.51. The molecule has 0 radical (unpaired) electrons. The maximum Gasteiger partial charge on any atom is 0.234 e. The monoisotopic (exact) mass is 277 g/mol. The van der Waals surface area contributed by atoms with Crippen LogP contribution in [0, 0.1) is 0 Å². The van der Waals surface area contributed by atoms with Gasteiger partial charge in [0.2, 0.25) is 5.91 Å².